The molecular weight excluding hydrogens is 262 g/mol. The highest BCUT2D eigenvalue weighted by atomic mass is 16.5. The van der Waals surface area contributed by atoms with Gasteiger partial charge in [-0.1, -0.05) is 19.8 Å². The number of fused-ring (bicyclic) bond motifs is 1. The van der Waals surface area contributed by atoms with E-state index in [9.17, 15) is 0 Å². The van der Waals surface area contributed by atoms with E-state index in [0.29, 0.717) is 6.04 Å². The van der Waals surface area contributed by atoms with E-state index in [1.54, 1.807) is 0 Å². The third kappa shape index (κ3) is 5.85. The summed E-state index contributed by atoms with van der Waals surface area (Å²) in [7, 11) is 0. The number of hydrogen-bond donors (Lipinski definition) is 1. The third-order valence-corrected chi connectivity index (χ3v) is 4.96. The maximum atomic E-state index is 5.58. The quantitative estimate of drug-likeness (QED) is 0.658. The number of nitrogens with one attached hydrogen (secondary N) is 1. The lowest BCUT2D eigenvalue weighted by Gasteiger charge is -2.47. The largest absolute Gasteiger partial charge is 0.380 e. The van der Waals surface area contributed by atoms with Crippen molar-refractivity contribution in [1.82, 2.24) is 15.1 Å². The van der Waals surface area contributed by atoms with Crippen molar-refractivity contribution in [3.8, 4) is 0 Å². The van der Waals surface area contributed by atoms with Gasteiger partial charge in [-0.3, -0.25) is 9.80 Å². The Hall–Kier alpha value is -0.160. The Balaban J connectivity index is 1.53. The highest BCUT2D eigenvalue weighted by Crippen LogP contribution is 2.23. The van der Waals surface area contributed by atoms with Crippen molar-refractivity contribution in [3.63, 3.8) is 0 Å². The summed E-state index contributed by atoms with van der Waals surface area (Å²) in [6, 6.07) is 1.54. The van der Waals surface area contributed by atoms with E-state index in [1.165, 1.54) is 58.3 Å². The molecule has 0 radical (unpaired) electrons. The Kier molecular flexibility index (Phi) is 8.01. The summed E-state index contributed by atoms with van der Waals surface area (Å²) in [5.74, 6) is 0. The molecule has 0 bridgehead atoms. The van der Waals surface area contributed by atoms with Crippen LogP contribution < -0.4 is 5.32 Å². The van der Waals surface area contributed by atoms with Crippen molar-refractivity contribution in [2.24, 2.45) is 0 Å². The molecule has 2 fully saturated rings. The molecule has 2 rings (SSSR count). The highest BCUT2D eigenvalue weighted by molar-refractivity contribution is 4.89. The Bertz CT molecular complexity index is 275. The molecule has 4 nitrogen and oxygen atoms in total. The van der Waals surface area contributed by atoms with Crippen LogP contribution in [0.2, 0.25) is 0 Å². The first-order valence-electron chi connectivity index (χ1n) is 9.07. The molecule has 0 aromatic heterocycles. The standard InChI is InChI=1S/C17H35N3O/c1-3-4-12-21-13-9-18-8-11-19-15-17-7-5-6-10-20(17)14-16(19)2/h16-18H,3-15H2,1-2H3. The molecule has 0 spiro atoms. The zero-order valence-electron chi connectivity index (χ0n) is 14.1. The van der Waals surface area contributed by atoms with Crippen molar-refractivity contribution in [3.05, 3.63) is 0 Å². The lowest BCUT2D eigenvalue weighted by Crippen LogP contribution is -2.59. The lowest BCUT2D eigenvalue weighted by molar-refractivity contribution is 0.0158. The van der Waals surface area contributed by atoms with Crippen molar-refractivity contribution in [2.75, 3.05) is 52.5 Å². The van der Waals surface area contributed by atoms with E-state index in [4.69, 9.17) is 4.74 Å². The second kappa shape index (κ2) is 9.78. The van der Waals surface area contributed by atoms with Crippen LogP contribution in [-0.2, 0) is 4.74 Å². The van der Waals surface area contributed by atoms with Crippen LogP contribution in [0.15, 0.2) is 0 Å². The van der Waals surface area contributed by atoms with Gasteiger partial charge in [-0.05, 0) is 32.7 Å². The molecule has 2 saturated heterocycles. The predicted octanol–water partition coefficient (Wildman–Crippen LogP) is 1.95. The predicted molar refractivity (Wildman–Crippen MR) is 88.8 cm³/mol. The fraction of sp³-hybridized carbons (Fsp3) is 1.00. The molecule has 0 aromatic carbocycles. The lowest BCUT2D eigenvalue weighted by atomic mass is 9.97. The van der Waals surface area contributed by atoms with Crippen molar-refractivity contribution in [2.45, 2.75) is 58.0 Å². The monoisotopic (exact) mass is 297 g/mol. The zero-order valence-corrected chi connectivity index (χ0v) is 14.1. The van der Waals surface area contributed by atoms with E-state index in [2.05, 4.69) is 29.0 Å². The van der Waals surface area contributed by atoms with Gasteiger partial charge >= 0.3 is 0 Å². The topological polar surface area (TPSA) is 27.7 Å². The fourth-order valence-electron chi connectivity index (χ4n) is 3.56. The summed E-state index contributed by atoms with van der Waals surface area (Å²) in [6.45, 7) is 13.5. The maximum absolute atomic E-state index is 5.58. The normalized spacial score (nSPS) is 27.7. The van der Waals surface area contributed by atoms with Gasteiger partial charge in [0.05, 0.1) is 6.61 Å². The van der Waals surface area contributed by atoms with Crippen LogP contribution in [-0.4, -0.2) is 74.4 Å². The van der Waals surface area contributed by atoms with Crippen LogP contribution in [0.5, 0.6) is 0 Å². The Morgan fingerprint density at radius 2 is 2.05 bits per heavy atom. The number of ether oxygens (including phenoxy) is 1. The summed E-state index contributed by atoms with van der Waals surface area (Å²) >= 11 is 0. The molecule has 2 atom stereocenters. The van der Waals surface area contributed by atoms with Gasteiger partial charge in [-0.2, -0.15) is 0 Å². The summed E-state index contributed by atoms with van der Waals surface area (Å²) in [6.07, 6.45) is 6.64. The summed E-state index contributed by atoms with van der Waals surface area (Å²) in [5.41, 5.74) is 0. The Labute approximate surface area is 131 Å². The van der Waals surface area contributed by atoms with E-state index in [1.807, 2.05) is 0 Å². The number of piperazine rings is 1. The molecule has 4 heteroatoms. The molecule has 21 heavy (non-hydrogen) atoms. The molecule has 0 aromatic rings. The van der Waals surface area contributed by atoms with Gasteiger partial charge in [0.2, 0.25) is 0 Å². The number of rotatable bonds is 9. The van der Waals surface area contributed by atoms with Crippen LogP contribution in [0.25, 0.3) is 0 Å². The number of hydrogen-bond acceptors (Lipinski definition) is 4. The third-order valence-electron chi connectivity index (χ3n) is 4.96. The van der Waals surface area contributed by atoms with E-state index in [-0.39, 0.29) is 0 Å². The van der Waals surface area contributed by atoms with Crippen LogP contribution in [0.4, 0.5) is 0 Å². The first-order chi connectivity index (χ1) is 10.3. The Morgan fingerprint density at radius 3 is 2.90 bits per heavy atom. The van der Waals surface area contributed by atoms with Crippen molar-refractivity contribution < 1.29 is 4.74 Å². The smallest absolute Gasteiger partial charge is 0.0590 e. The van der Waals surface area contributed by atoms with Gasteiger partial charge < -0.3 is 10.1 Å². The number of nitrogens with zero attached hydrogens (tertiary/aromatic N) is 2. The zero-order chi connectivity index (χ0) is 14.9. The minimum Gasteiger partial charge on any atom is -0.380 e. The van der Waals surface area contributed by atoms with Crippen LogP contribution in [0, 0.1) is 0 Å². The first-order valence-corrected chi connectivity index (χ1v) is 9.07. The van der Waals surface area contributed by atoms with Gasteiger partial charge in [-0.25, -0.2) is 0 Å². The minimum atomic E-state index is 0.710. The Morgan fingerprint density at radius 1 is 1.14 bits per heavy atom. The van der Waals surface area contributed by atoms with Gasteiger partial charge in [0.25, 0.3) is 0 Å². The number of piperidine rings is 1. The first kappa shape index (κ1) is 17.2. The van der Waals surface area contributed by atoms with Gasteiger partial charge in [0.1, 0.15) is 0 Å². The molecule has 2 aliphatic rings. The van der Waals surface area contributed by atoms with E-state index < -0.39 is 0 Å². The van der Waals surface area contributed by atoms with E-state index in [0.717, 1.165) is 32.3 Å². The second-order valence-corrected chi connectivity index (χ2v) is 6.70. The molecule has 1 N–H and O–H groups in total. The molecule has 0 aliphatic carbocycles. The fourth-order valence-corrected chi connectivity index (χ4v) is 3.56. The van der Waals surface area contributed by atoms with E-state index >= 15 is 0 Å². The molecule has 2 unspecified atom stereocenters. The SMILES string of the molecule is CCCCOCCNCCN1CC2CCCCN2CC1C. The molecule has 2 heterocycles. The summed E-state index contributed by atoms with van der Waals surface area (Å²) in [4.78, 5) is 5.40. The van der Waals surface area contributed by atoms with Crippen LogP contribution in [0.1, 0.15) is 46.0 Å². The van der Waals surface area contributed by atoms with Gasteiger partial charge in [-0.15, -0.1) is 0 Å². The molecule has 124 valence electrons. The molecule has 0 saturated carbocycles. The van der Waals surface area contributed by atoms with Crippen molar-refractivity contribution in [1.29, 1.82) is 0 Å². The van der Waals surface area contributed by atoms with Gasteiger partial charge in [0.15, 0.2) is 0 Å². The van der Waals surface area contributed by atoms with Crippen LogP contribution >= 0.6 is 0 Å². The average molecular weight is 297 g/mol. The van der Waals surface area contributed by atoms with Gasteiger partial charge in [0, 0.05) is 51.4 Å². The summed E-state index contributed by atoms with van der Waals surface area (Å²) in [5, 5.41) is 3.52. The number of unbranched alkanes of at least 4 members (excludes halogenated alkanes) is 1. The molecule has 0 amide bonds. The second-order valence-electron chi connectivity index (χ2n) is 6.70. The van der Waals surface area contributed by atoms with Crippen LogP contribution in [0.3, 0.4) is 0 Å². The van der Waals surface area contributed by atoms with Crippen molar-refractivity contribution >= 4 is 0 Å². The maximum Gasteiger partial charge on any atom is 0.0590 e. The molecule has 2 aliphatic heterocycles. The summed E-state index contributed by atoms with van der Waals surface area (Å²) < 4.78 is 5.58. The highest BCUT2D eigenvalue weighted by Gasteiger charge is 2.32. The molecular formula is C17H35N3O. The average Bonchev–Trinajstić information content (AvgIpc) is 2.50. The minimum absolute atomic E-state index is 0.710.